The Hall–Kier alpha value is -4.29. The summed E-state index contributed by atoms with van der Waals surface area (Å²) in [6, 6.07) is 23.4. The molecule has 0 radical (unpaired) electrons. The number of benzene rings is 3. The van der Waals surface area contributed by atoms with Gasteiger partial charge in [0, 0.05) is 35.1 Å². The molecule has 0 fully saturated rings. The Labute approximate surface area is 238 Å². The van der Waals surface area contributed by atoms with Gasteiger partial charge in [-0.15, -0.1) is 0 Å². The minimum absolute atomic E-state index is 0.0592. The number of hydrogen-bond acceptors (Lipinski definition) is 4. The van der Waals surface area contributed by atoms with Crippen molar-refractivity contribution in [1.29, 1.82) is 0 Å². The molecule has 0 aliphatic carbocycles. The van der Waals surface area contributed by atoms with E-state index in [9.17, 15) is 9.59 Å². The zero-order valence-corrected chi connectivity index (χ0v) is 22.5. The van der Waals surface area contributed by atoms with E-state index in [4.69, 9.17) is 29.8 Å². The molecule has 0 saturated heterocycles. The third-order valence-corrected chi connectivity index (χ3v) is 7.43. The summed E-state index contributed by atoms with van der Waals surface area (Å²) in [5, 5.41) is 3.92. The number of nitrogens with one attached hydrogen (secondary N) is 2. The molecular weight excluding hydrogens is 553 g/mol. The van der Waals surface area contributed by atoms with Crippen LogP contribution in [0.1, 0.15) is 15.9 Å². The average molecular weight is 572 g/mol. The van der Waals surface area contributed by atoms with Gasteiger partial charge in [-0.3, -0.25) is 9.59 Å². The molecule has 2 heterocycles. The van der Waals surface area contributed by atoms with Crippen LogP contribution in [0.25, 0.3) is 21.8 Å². The second-order valence-corrected chi connectivity index (χ2v) is 10.2. The van der Waals surface area contributed by atoms with Crippen molar-refractivity contribution in [3.05, 3.63) is 134 Å². The lowest BCUT2D eigenvalue weighted by Gasteiger charge is -2.10. The third-order valence-electron chi connectivity index (χ3n) is 5.75. The zero-order chi connectivity index (χ0) is 27.4. The number of thioether (sulfide) groups is 1. The molecular formula is C29H19Cl2N5O2S. The van der Waals surface area contributed by atoms with Crippen molar-refractivity contribution in [2.75, 3.05) is 5.32 Å². The first kappa shape index (κ1) is 26.3. The van der Waals surface area contributed by atoms with Crippen molar-refractivity contribution >= 4 is 52.2 Å². The minimum atomic E-state index is -0.494. The maximum Gasteiger partial charge on any atom is 0.276 e. The topological polar surface area (TPSA) is 84.1 Å². The first-order chi connectivity index (χ1) is 18.9. The fourth-order valence-corrected chi connectivity index (χ4v) is 4.97. The Bertz CT molecular complexity index is 1780. The average Bonchev–Trinajstić information content (AvgIpc) is 3.49. The van der Waals surface area contributed by atoms with E-state index >= 15 is 0 Å². The van der Waals surface area contributed by atoms with E-state index in [1.54, 1.807) is 18.2 Å². The number of amides is 1. The van der Waals surface area contributed by atoms with E-state index in [0.717, 1.165) is 11.3 Å². The number of aromatic nitrogens is 3. The highest BCUT2D eigenvalue weighted by Crippen LogP contribution is 2.30. The molecule has 0 aliphatic heterocycles. The van der Waals surface area contributed by atoms with Crippen LogP contribution in [0.3, 0.4) is 0 Å². The number of aromatic amines is 1. The van der Waals surface area contributed by atoms with Crippen LogP contribution in [0.4, 0.5) is 11.4 Å². The molecule has 5 rings (SSSR count). The standard InChI is InChI=1S/C29H19Cl2N5O2S/c1-32-26-25(19-7-5-9-22(15-19)36-12-2-3-13-36)34-29(35-28(26)38)39-17-18-6-4-8-21(14-18)33-27(37)20-10-11-23(30)24(31)16-20/h2-16H,17H2,(H,33,37)(H,34,35,38). The number of H-pyrrole nitrogens is 1. The number of carbonyl (C=O) groups is 1. The lowest BCUT2D eigenvalue weighted by molar-refractivity contribution is 0.102. The maximum atomic E-state index is 12.8. The van der Waals surface area contributed by atoms with Gasteiger partial charge < -0.3 is 14.9 Å². The molecule has 0 unspecified atom stereocenters. The monoisotopic (exact) mass is 571 g/mol. The second kappa shape index (κ2) is 11.6. The zero-order valence-electron chi connectivity index (χ0n) is 20.2. The van der Waals surface area contributed by atoms with Crippen LogP contribution >= 0.6 is 35.0 Å². The Morgan fingerprint density at radius 1 is 1.00 bits per heavy atom. The molecule has 5 aromatic rings. The van der Waals surface area contributed by atoms with Gasteiger partial charge in [-0.05, 0) is 65.7 Å². The largest absolute Gasteiger partial charge is 0.324 e. The van der Waals surface area contributed by atoms with Gasteiger partial charge in [0.25, 0.3) is 17.2 Å². The van der Waals surface area contributed by atoms with E-state index in [0.29, 0.717) is 43.5 Å². The summed E-state index contributed by atoms with van der Waals surface area (Å²) in [7, 11) is 0. The molecule has 192 valence electrons. The van der Waals surface area contributed by atoms with Gasteiger partial charge in [0.05, 0.1) is 22.3 Å². The normalized spacial score (nSPS) is 10.7. The lowest BCUT2D eigenvalue weighted by atomic mass is 10.1. The SMILES string of the molecule is [C-]#[N+]c1c(-c2cccc(-n3cccc3)c2)nc(SCc2cccc(NC(=O)c3ccc(Cl)c(Cl)c3)c2)[nH]c1=O. The Kier molecular flexibility index (Phi) is 7.84. The lowest BCUT2D eigenvalue weighted by Crippen LogP contribution is -2.12. The smallest absolute Gasteiger partial charge is 0.276 e. The highest BCUT2D eigenvalue weighted by atomic mass is 35.5. The van der Waals surface area contributed by atoms with Gasteiger partial charge >= 0.3 is 0 Å². The van der Waals surface area contributed by atoms with Gasteiger partial charge in [0.2, 0.25) is 0 Å². The fraction of sp³-hybridized carbons (Fsp3) is 0.0345. The second-order valence-electron chi connectivity index (χ2n) is 8.39. The molecule has 2 N–H and O–H groups in total. The van der Waals surface area contributed by atoms with Crippen molar-refractivity contribution in [3.8, 4) is 16.9 Å². The van der Waals surface area contributed by atoms with E-state index in [1.807, 2.05) is 71.6 Å². The maximum absolute atomic E-state index is 12.8. The predicted octanol–water partition coefficient (Wildman–Crippen LogP) is 7.63. The molecule has 1 amide bonds. The van der Waals surface area contributed by atoms with Crippen molar-refractivity contribution < 1.29 is 4.79 Å². The number of nitrogens with zero attached hydrogens (tertiary/aromatic N) is 3. The molecule has 10 heteroatoms. The van der Waals surface area contributed by atoms with Crippen LogP contribution in [0, 0.1) is 6.57 Å². The Morgan fingerprint density at radius 3 is 2.56 bits per heavy atom. The summed E-state index contributed by atoms with van der Waals surface area (Å²) in [4.78, 5) is 36.2. The van der Waals surface area contributed by atoms with Gasteiger partial charge in [-0.25, -0.2) is 9.83 Å². The first-order valence-electron chi connectivity index (χ1n) is 11.6. The van der Waals surface area contributed by atoms with E-state index in [1.165, 1.54) is 17.8 Å². The Balaban J connectivity index is 1.35. The summed E-state index contributed by atoms with van der Waals surface area (Å²) < 4.78 is 1.94. The number of rotatable bonds is 7. The van der Waals surface area contributed by atoms with Crippen molar-refractivity contribution in [1.82, 2.24) is 14.5 Å². The molecule has 3 aromatic carbocycles. The summed E-state index contributed by atoms with van der Waals surface area (Å²) in [6.45, 7) is 7.54. The van der Waals surface area contributed by atoms with E-state index < -0.39 is 5.56 Å². The molecule has 0 saturated carbocycles. The van der Waals surface area contributed by atoms with E-state index in [2.05, 4.69) is 20.1 Å². The van der Waals surface area contributed by atoms with Crippen molar-refractivity contribution in [3.63, 3.8) is 0 Å². The van der Waals surface area contributed by atoms with Crippen molar-refractivity contribution in [2.45, 2.75) is 10.9 Å². The van der Waals surface area contributed by atoms with Gasteiger partial charge in [0.1, 0.15) is 0 Å². The molecule has 2 aromatic heterocycles. The summed E-state index contributed by atoms with van der Waals surface area (Å²) in [5.74, 6) is 0.158. The number of anilines is 1. The van der Waals surface area contributed by atoms with Gasteiger partial charge in [-0.1, -0.05) is 59.2 Å². The van der Waals surface area contributed by atoms with Crippen LogP contribution in [-0.4, -0.2) is 20.4 Å². The van der Waals surface area contributed by atoms with Gasteiger partial charge in [-0.2, -0.15) is 0 Å². The van der Waals surface area contributed by atoms with Crippen LogP contribution in [0.15, 0.2) is 101 Å². The van der Waals surface area contributed by atoms with Crippen molar-refractivity contribution in [2.24, 2.45) is 0 Å². The fourth-order valence-electron chi connectivity index (χ4n) is 3.87. The highest BCUT2D eigenvalue weighted by molar-refractivity contribution is 7.98. The van der Waals surface area contributed by atoms with Crippen LogP contribution < -0.4 is 10.9 Å². The first-order valence-corrected chi connectivity index (χ1v) is 13.4. The molecule has 7 nitrogen and oxygen atoms in total. The van der Waals surface area contributed by atoms with Crippen LogP contribution in [0.5, 0.6) is 0 Å². The molecule has 0 bridgehead atoms. The minimum Gasteiger partial charge on any atom is -0.324 e. The number of carbonyl (C=O) groups excluding carboxylic acids is 1. The number of hydrogen-bond donors (Lipinski definition) is 2. The van der Waals surface area contributed by atoms with Crippen LogP contribution in [-0.2, 0) is 5.75 Å². The van der Waals surface area contributed by atoms with E-state index in [-0.39, 0.29) is 11.6 Å². The highest BCUT2D eigenvalue weighted by Gasteiger charge is 2.15. The summed E-state index contributed by atoms with van der Waals surface area (Å²) >= 11 is 13.3. The molecule has 39 heavy (non-hydrogen) atoms. The molecule has 0 aliphatic rings. The quantitative estimate of drug-likeness (QED) is 0.119. The van der Waals surface area contributed by atoms with Gasteiger partial charge in [0.15, 0.2) is 5.16 Å². The third kappa shape index (κ3) is 6.07. The molecule has 0 spiro atoms. The summed E-state index contributed by atoms with van der Waals surface area (Å²) in [5.41, 5.74) is 3.24. The van der Waals surface area contributed by atoms with Crippen LogP contribution in [0.2, 0.25) is 10.0 Å². The Morgan fingerprint density at radius 2 is 1.79 bits per heavy atom. The molecule has 0 atom stereocenters. The predicted molar refractivity (Wildman–Crippen MR) is 156 cm³/mol. The number of halogens is 2. The summed E-state index contributed by atoms with van der Waals surface area (Å²) in [6.07, 6.45) is 3.84.